The molecule has 0 saturated heterocycles. The molecule has 0 radical (unpaired) electrons. The number of fused-ring (bicyclic) bond motifs is 3. The highest BCUT2D eigenvalue weighted by molar-refractivity contribution is 6.06. The van der Waals surface area contributed by atoms with E-state index in [2.05, 4.69) is 27.9 Å². The first-order valence-electron chi connectivity index (χ1n) is 13.9. The first-order valence-corrected chi connectivity index (χ1v) is 13.9. The van der Waals surface area contributed by atoms with Crippen LogP contribution < -0.4 is 16.0 Å². The number of hydrogen-bond donors (Lipinski definition) is 3. The third-order valence-corrected chi connectivity index (χ3v) is 7.77. The molecular formula is C32H37N5O3. The Hall–Kier alpha value is -4.04. The molecule has 1 aromatic heterocycles. The van der Waals surface area contributed by atoms with Gasteiger partial charge in [-0.3, -0.25) is 14.4 Å². The average molecular weight is 540 g/mol. The maximum atomic E-state index is 13.4. The number of rotatable bonds is 8. The lowest BCUT2D eigenvalue weighted by molar-refractivity contribution is -0.142. The third-order valence-electron chi connectivity index (χ3n) is 7.77. The van der Waals surface area contributed by atoms with Crippen LogP contribution in [-0.4, -0.2) is 40.7 Å². The fraction of sp³-hybridized carbons (Fsp3) is 0.375. The Kier molecular flexibility index (Phi) is 7.47. The van der Waals surface area contributed by atoms with Crippen LogP contribution in [0.1, 0.15) is 55.5 Å². The van der Waals surface area contributed by atoms with Crippen LogP contribution >= 0.6 is 0 Å². The van der Waals surface area contributed by atoms with E-state index < -0.39 is 10.8 Å². The Balaban J connectivity index is 1.32. The third kappa shape index (κ3) is 5.36. The Morgan fingerprint density at radius 2 is 1.77 bits per heavy atom. The van der Waals surface area contributed by atoms with E-state index in [0.717, 1.165) is 34.4 Å². The Morgan fingerprint density at radius 1 is 1.02 bits per heavy atom. The van der Waals surface area contributed by atoms with Gasteiger partial charge in [0.15, 0.2) is 0 Å². The van der Waals surface area contributed by atoms with Gasteiger partial charge in [0.2, 0.25) is 17.7 Å². The summed E-state index contributed by atoms with van der Waals surface area (Å²) in [4.78, 5) is 45.7. The summed E-state index contributed by atoms with van der Waals surface area (Å²) in [5.41, 5.74) is 4.53. The smallest absolute Gasteiger partial charge is 0.244 e. The number of nitrogens with one attached hydrogen (secondary N) is 3. The van der Waals surface area contributed by atoms with Gasteiger partial charge in [-0.1, -0.05) is 64.1 Å². The lowest BCUT2D eigenvalue weighted by atomic mass is 9.79. The van der Waals surface area contributed by atoms with Crippen molar-refractivity contribution in [2.24, 2.45) is 5.41 Å². The van der Waals surface area contributed by atoms with Gasteiger partial charge in [-0.05, 0) is 59.8 Å². The molecule has 3 amide bonds. The van der Waals surface area contributed by atoms with Crippen molar-refractivity contribution in [2.75, 3.05) is 23.7 Å². The van der Waals surface area contributed by atoms with E-state index in [-0.39, 0.29) is 24.3 Å². The fourth-order valence-electron chi connectivity index (χ4n) is 5.74. The van der Waals surface area contributed by atoms with Crippen molar-refractivity contribution >= 4 is 29.2 Å². The van der Waals surface area contributed by atoms with Crippen molar-refractivity contribution in [1.82, 2.24) is 15.2 Å². The molecule has 8 heteroatoms. The second-order valence-corrected chi connectivity index (χ2v) is 11.8. The molecular weight excluding hydrogens is 502 g/mol. The summed E-state index contributed by atoms with van der Waals surface area (Å²) < 4.78 is 0. The molecule has 8 nitrogen and oxygen atoms in total. The van der Waals surface area contributed by atoms with Crippen molar-refractivity contribution in [3.8, 4) is 0 Å². The van der Waals surface area contributed by atoms with Crippen LogP contribution in [0.4, 0.5) is 11.5 Å². The van der Waals surface area contributed by atoms with Gasteiger partial charge < -0.3 is 20.9 Å². The Labute approximate surface area is 235 Å². The predicted molar refractivity (Wildman–Crippen MR) is 156 cm³/mol. The predicted octanol–water partition coefficient (Wildman–Crippen LogP) is 4.19. The second-order valence-electron chi connectivity index (χ2n) is 11.8. The van der Waals surface area contributed by atoms with Crippen LogP contribution in [0.15, 0.2) is 60.8 Å². The molecule has 5 rings (SSSR count). The zero-order chi connectivity index (χ0) is 28.5. The number of carbonyl (C=O) groups is 3. The van der Waals surface area contributed by atoms with E-state index >= 15 is 0 Å². The van der Waals surface area contributed by atoms with Gasteiger partial charge >= 0.3 is 0 Å². The summed E-state index contributed by atoms with van der Waals surface area (Å²) in [6, 6.07) is 17.6. The van der Waals surface area contributed by atoms with Crippen LogP contribution in [0.2, 0.25) is 0 Å². The average Bonchev–Trinajstić information content (AvgIpc) is 3.43. The van der Waals surface area contributed by atoms with E-state index in [9.17, 15) is 14.4 Å². The van der Waals surface area contributed by atoms with Crippen molar-refractivity contribution in [2.45, 2.75) is 59.0 Å². The molecule has 2 heterocycles. The van der Waals surface area contributed by atoms with E-state index in [1.54, 1.807) is 11.1 Å². The molecule has 1 atom stereocenters. The molecule has 0 bridgehead atoms. The van der Waals surface area contributed by atoms with E-state index in [1.165, 1.54) is 0 Å². The molecule has 2 aromatic carbocycles. The molecule has 1 unspecified atom stereocenters. The summed E-state index contributed by atoms with van der Waals surface area (Å²) in [6.45, 7) is 9.49. The van der Waals surface area contributed by atoms with E-state index in [4.69, 9.17) is 0 Å². The minimum absolute atomic E-state index is 0.0336. The molecule has 3 aromatic rings. The molecule has 1 spiro atoms. The van der Waals surface area contributed by atoms with Gasteiger partial charge in [0, 0.05) is 36.0 Å². The maximum absolute atomic E-state index is 13.4. The molecule has 3 N–H and O–H groups in total. The summed E-state index contributed by atoms with van der Waals surface area (Å²) in [5.74, 6) is 0.247. The number of carbonyl (C=O) groups excluding carboxylic acids is 3. The normalized spacial score (nSPS) is 17.4. The van der Waals surface area contributed by atoms with Crippen molar-refractivity contribution in [1.29, 1.82) is 0 Å². The van der Waals surface area contributed by atoms with Crippen LogP contribution in [-0.2, 0) is 45.7 Å². The number of hydrogen-bond acceptors (Lipinski definition) is 5. The standard InChI is InChI=1S/C32H37N5O3/c1-5-33-18-22-9-6-7-10-23(22)19-37(30(40)31(2,3)4)20-27(38)35-25-13-12-21-16-32(17-24(21)15-25)26-11-8-14-34-28(26)36-29(32)39/h6-15,33H,5,16-20H2,1-4H3,(H,35,38)(H,34,36,39). The monoisotopic (exact) mass is 539 g/mol. The number of amides is 3. The summed E-state index contributed by atoms with van der Waals surface area (Å²) in [7, 11) is 0. The lowest BCUT2D eigenvalue weighted by Crippen LogP contribution is -2.43. The minimum atomic E-state index is -0.662. The highest BCUT2D eigenvalue weighted by Crippen LogP contribution is 2.46. The SMILES string of the molecule is CCNCc1ccccc1CN(CC(=O)Nc1ccc2c(c1)CC1(C2)C(=O)Nc2ncccc21)C(=O)C(C)(C)C. The summed E-state index contributed by atoms with van der Waals surface area (Å²) in [6.07, 6.45) is 2.83. The fourth-order valence-corrected chi connectivity index (χ4v) is 5.74. The number of aromatic nitrogens is 1. The highest BCUT2D eigenvalue weighted by atomic mass is 16.2. The van der Waals surface area contributed by atoms with Crippen molar-refractivity contribution < 1.29 is 14.4 Å². The minimum Gasteiger partial charge on any atom is -0.329 e. The topological polar surface area (TPSA) is 103 Å². The second kappa shape index (κ2) is 10.8. The lowest BCUT2D eigenvalue weighted by Gasteiger charge is -2.30. The maximum Gasteiger partial charge on any atom is 0.244 e. The van der Waals surface area contributed by atoms with Gasteiger partial charge in [-0.15, -0.1) is 0 Å². The van der Waals surface area contributed by atoms with Crippen LogP contribution in [0.5, 0.6) is 0 Å². The molecule has 208 valence electrons. The first-order chi connectivity index (χ1) is 19.1. The van der Waals surface area contributed by atoms with Gasteiger partial charge in [-0.2, -0.15) is 0 Å². The van der Waals surface area contributed by atoms with Crippen LogP contribution in [0.3, 0.4) is 0 Å². The van der Waals surface area contributed by atoms with Gasteiger partial charge in [0.05, 0.1) is 5.41 Å². The quantitative estimate of drug-likeness (QED) is 0.398. The summed E-state index contributed by atoms with van der Waals surface area (Å²) >= 11 is 0. The zero-order valence-electron chi connectivity index (χ0n) is 23.6. The molecule has 40 heavy (non-hydrogen) atoms. The van der Waals surface area contributed by atoms with Crippen LogP contribution in [0.25, 0.3) is 0 Å². The number of anilines is 2. The molecule has 0 saturated carbocycles. The molecule has 2 aliphatic rings. The molecule has 0 fully saturated rings. The van der Waals surface area contributed by atoms with Gasteiger partial charge in [0.1, 0.15) is 12.4 Å². The number of pyridine rings is 1. The number of nitrogens with zero attached hydrogens (tertiary/aromatic N) is 2. The first kappa shape index (κ1) is 27.5. The Bertz CT molecular complexity index is 1460. The largest absolute Gasteiger partial charge is 0.329 e. The van der Waals surface area contributed by atoms with Crippen molar-refractivity contribution in [3.63, 3.8) is 0 Å². The summed E-state index contributed by atoms with van der Waals surface area (Å²) in [5, 5.41) is 9.27. The van der Waals surface area contributed by atoms with Gasteiger partial charge in [-0.25, -0.2) is 4.98 Å². The van der Waals surface area contributed by atoms with Gasteiger partial charge in [0.25, 0.3) is 0 Å². The van der Waals surface area contributed by atoms with Crippen LogP contribution in [0, 0.1) is 5.41 Å². The van der Waals surface area contributed by atoms with E-state index in [1.807, 2.05) is 75.4 Å². The molecule has 1 aliphatic carbocycles. The van der Waals surface area contributed by atoms with E-state index in [0.29, 0.717) is 37.4 Å². The zero-order valence-corrected chi connectivity index (χ0v) is 23.6. The number of benzene rings is 2. The Morgan fingerprint density at radius 3 is 2.52 bits per heavy atom. The van der Waals surface area contributed by atoms with Crippen molar-refractivity contribution in [3.05, 3.63) is 88.6 Å². The molecule has 1 aliphatic heterocycles. The highest BCUT2D eigenvalue weighted by Gasteiger charge is 2.51.